The van der Waals surface area contributed by atoms with Gasteiger partial charge in [-0.25, -0.2) is 9.59 Å². The lowest BCUT2D eigenvalue weighted by atomic mass is 9.37. The third-order valence-corrected chi connectivity index (χ3v) is 10.0. The van der Waals surface area contributed by atoms with Crippen molar-refractivity contribution in [3.05, 3.63) is 36.3 Å². The number of Topliss-reactive ketones (excluding diaryl/α,β-unsaturated/α-hetero) is 2. The number of rotatable bonds is 3. The molecule has 5 aliphatic rings. The first-order valence-electron chi connectivity index (χ1n) is 12.3. The summed E-state index contributed by atoms with van der Waals surface area (Å²) in [5.41, 5.74) is -4.55. The number of cyclic esters (lactones) is 1. The zero-order valence-corrected chi connectivity index (χ0v) is 21.0. The van der Waals surface area contributed by atoms with E-state index in [1.54, 1.807) is 32.9 Å². The SMILES string of the molecule is COC(=O)C=CC12COC(C)(C)C1C(=O)C(=O)C1(C)C2CCC2(C)C(c3ccoc3)OC(=O)C3OC321. The number of methoxy groups -OCH3 is 1. The summed E-state index contributed by atoms with van der Waals surface area (Å²) in [5.74, 6) is -3.42. The number of carbonyl (C=O) groups is 4. The number of epoxide rings is 1. The Bertz CT molecular complexity index is 1210. The van der Waals surface area contributed by atoms with Gasteiger partial charge in [0.2, 0.25) is 11.6 Å². The molecule has 2 saturated carbocycles. The molecule has 8 unspecified atom stereocenters. The molecule has 2 aliphatic carbocycles. The average molecular weight is 499 g/mol. The van der Waals surface area contributed by atoms with Crippen LogP contribution in [0.2, 0.25) is 0 Å². The first-order valence-corrected chi connectivity index (χ1v) is 12.3. The van der Waals surface area contributed by atoms with Gasteiger partial charge in [0, 0.05) is 22.5 Å². The summed E-state index contributed by atoms with van der Waals surface area (Å²) in [4.78, 5) is 53.5. The Balaban J connectivity index is 1.55. The molecule has 0 amide bonds. The minimum atomic E-state index is -1.34. The second-order valence-corrected chi connectivity index (χ2v) is 11.8. The van der Waals surface area contributed by atoms with Crippen molar-refractivity contribution in [1.29, 1.82) is 0 Å². The number of hydrogen-bond acceptors (Lipinski definition) is 9. The maximum atomic E-state index is 14.2. The lowest BCUT2D eigenvalue weighted by Gasteiger charge is -2.63. The Morgan fingerprint density at radius 1 is 1.14 bits per heavy atom. The second-order valence-electron chi connectivity index (χ2n) is 11.8. The number of esters is 2. The van der Waals surface area contributed by atoms with Crippen LogP contribution in [0, 0.1) is 28.1 Å². The third kappa shape index (κ3) is 2.43. The van der Waals surface area contributed by atoms with Crippen molar-refractivity contribution in [1.82, 2.24) is 0 Å². The normalized spacial score (nSPS) is 46.4. The topological polar surface area (TPSA) is 122 Å². The molecule has 6 rings (SSSR count). The molecule has 9 heteroatoms. The molecular formula is C27H30O9. The van der Waals surface area contributed by atoms with Gasteiger partial charge in [-0.2, -0.15) is 0 Å². The molecule has 1 aromatic heterocycles. The van der Waals surface area contributed by atoms with E-state index in [2.05, 4.69) is 0 Å². The number of ether oxygens (including phenoxy) is 4. The summed E-state index contributed by atoms with van der Waals surface area (Å²) in [5, 5.41) is 0. The highest BCUT2D eigenvalue weighted by atomic mass is 16.7. The van der Waals surface area contributed by atoms with E-state index in [1.807, 2.05) is 6.92 Å². The zero-order chi connectivity index (χ0) is 25.9. The predicted molar refractivity (Wildman–Crippen MR) is 121 cm³/mol. The number of carbonyl (C=O) groups excluding carboxylic acids is 4. The Hall–Kier alpha value is -2.78. The van der Waals surface area contributed by atoms with Gasteiger partial charge in [0.1, 0.15) is 11.7 Å². The molecule has 1 aromatic rings. The second kappa shape index (κ2) is 6.95. The van der Waals surface area contributed by atoms with Crippen LogP contribution in [0.25, 0.3) is 0 Å². The maximum Gasteiger partial charge on any atom is 0.339 e. The van der Waals surface area contributed by atoms with Crippen LogP contribution in [0.1, 0.15) is 52.2 Å². The lowest BCUT2D eigenvalue weighted by molar-refractivity contribution is -0.205. The quantitative estimate of drug-likeness (QED) is 0.268. The molecule has 192 valence electrons. The minimum Gasteiger partial charge on any atom is -0.472 e. The van der Waals surface area contributed by atoms with Gasteiger partial charge >= 0.3 is 11.9 Å². The fourth-order valence-electron chi connectivity index (χ4n) is 8.52. The van der Waals surface area contributed by atoms with Gasteiger partial charge in [-0.05, 0) is 45.6 Å². The maximum absolute atomic E-state index is 14.2. The Morgan fingerprint density at radius 3 is 2.56 bits per heavy atom. The molecular weight excluding hydrogens is 468 g/mol. The molecule has 36 heavy (non-hydrogen) atoms. The molecule has 0 N–H and O–H groups in total. The summed E-state index contributed by atoms with van der Waals surface area (Å²) in [6.45, 7) is 7.48. The van der Waals surface area contributed by atoms with E-state index in [-0.39, 0.29) is 6.61 Å². The highest BCUT2D eigenvalue weighted by Gasteiger charge is 2.89. The highest BCUT2D eigenvalue weighted by molar-refractivity contribution is 6.41. The Labute approximate surface area is 208 Å². The van der Waals surface area contributed by atoms with Crippen LogP contribution in [0.3, 0.4) is 0 Å². The molecule has 1 spiro atoms. The first-order chi connectivity index (χ1) is 16.9. The van der Waals surface area contributed by atoms with E-state index in [1.165, 1.54) is 25.7 Å². The fraction of sp³-hybridized carbons (Fsp3) is 0.630. The number of furan rings is 1. The molecule has 9 nitrogen and oxygen atoms in total. The summed E-state index contributed by atoms with van der Waals surface area (Å²) in [6.07, 6.45) is 5.52. The highest BCUT2D eigenvalue weighted by Crippen LogP contribution is 2.78. The number of ketones is 2. The Kier molecular flexibility index (Phi) is 4.56. The molecule has 0 bridgehead atoms. The van der Waals surface area contributed by atoms with Gasteiger partial charge in [0.25, 0.3) is 0 Å². The molecule has 0 radical (unpaired) electrons. The summed E-state index contributed by atoms with van der Waals surface area (Å²) < 4.78 is 28.4. The van der Waals surface area contributed by atoms with Crippen molar-refractivity contribution in [3.63, 3.8) is 0 Å². The van der Waals surface area contributed by atoms with Crippen LogP contribution in [0.15, 0.2) is 35.2 Å². The molecule has 3 saturated heterocycles. The molecule has 8 atom stereocenters. The first kappa shape index (κ1) is 23.6. The van der Waals surface area contributed by atoms with Gasteiger partial charge in [-0.15, -0.1) is 0 Å². The molecule has 3 aliphatic heterocycles. The third-order valence-electron chi connectivity index (χ3n) is 10.0. The van der Waals surface area contributed by atoms with E-state index in [0.717, 1.165) is 0 Å². The molecule has 5 fully saturated rings. The minimum absolute atomic E-state index is 0.157. The van der Waals surface area contributed by atoms with Crippen molar-refractivity contribution in [2.45, 2.75) is 63.9 Å². The van der Waals surface area contributed by atoms with Crippen LogP contribution < -0.4 is 0 Å². The van der Waals surface area contributed by atoms with Crippen molar-refractivity contribution >= 4 is 23.5 Å². The van der Waals surface area contributed by atoms with E-state index < -0.39 is 75.0 Å². The number of hydrogen-bond donors (Lipinski definition) is 0. The smallest absolute Gasteiger partial charge is 0.339 e. The van der Waals surface area contributed by atoms with Crippen LogP contribution in [-0.2, 0) is 38.1 Å². The van der Waals surface area contributed by atoms with E-state index >= 15 is 0 Å². The van der Waals surface area contributed by atoms with E-state index in [4.69, 9.17) is 23.4 Å². The van der Waals surface area contributed by atoms with Gasteiger partial charge < -0.3 is 23.4 Å². The van der Waals surface area contributed by atoms with Crippen LogP contribution in [0.4, 0.5) is 0 Å². The fourth-order valence-corrected chi connectivity index (χ4v) is 8.52. The molecule has 0 aromatic carbocycles. The predicted octanol–water partition coefficient (Wildman–Crippen LogP) is 2.73. The molecule has 4 heterocycles. The summed E-state index contributed by atoms with van der Waals surface area (Å²) >= 11 is 0. The van der Waals surface area contributed by atoms with Crippen molar-refractivity contribution in [3.8, 4) is 0 Å². The standard InChI is InChI=1S/C27H30O9/c1-23(2)18-17(29)19(30)25(4)15(26(18,13-34-23)10-7-16(28)32-5)6-9-24(3)20(14-8-11-33-12-14)35-22(31)21-27(24,25)36-21/h7-8,10-12,15,18,20-21H,6,9,13H2,1-5H3. The van der Waals surface area contributed by atoms with Crippen molar-refractivity contribution < 1.29 is 42.5 Å². The monoisotopic (exact) mass is 498 g/mol. The Morgan fingerprint density at radius 2 is 1.89 bits per heavy atom. The average Bonchev–Trinajstić information content (AvgIpc) is 3.29. The van der Waals surface area contributed by atoms with Crippen LogP contribution in [-0.4, -0.2) is 54.5 Å². The zero-order valence-electron chi connectivity index (χ0n) is 21.0. The van der Waals surface area contributed by atoms with Gasteiger partial charge in [0.05, 0.1) is 43.2 Å². The summed E-state index contributed by atoms with van der Waals surface area (Å²) in [6, 6.07) is 1.74. The van der Waals surface area contributed by atoms with Crippen LogP contribution >= 0.6 is 0 Å². The van der Waals surface area contributed by atoms with Gasteiger partial charge in [-0.1, -0.05) is 13.0 Å². The van der Waals surface area contributed by atoms with Gasteiger partial charge in [-0.3, -0.25) is 9.59 Å². The van der Waals surface area contributed by atoms with E-state index in [0.29, 0.717) is 18.4 Å². The van der Waals surface area contributed by atoms with Crippen molar-refractivity contribution in [2.24, 2.45) is 28.1 Å². The number of fused-ring (bicyclic) bond motifs is 3. The summed E-state index contributed by atoms with van der Waals surface area (Å²) in [7, 11) is 1.29. The largest absolute Gasteiger partial charge is 0.472 e. The van der Waals surface area contributed by atoms with E-state index in [9.17, 15) is 19.2 Å². The lowest BCUT2D eigenvalue weighted by Crippen LogP contribution is -2.73. The van der Waals surface area contributed by atoms with Gasteiger partial charge in [0.15, 0.2) is 6.10 Å². The van der Waals surface area contributed by atoms with Crippen LogP contribution in [0.5, 0.6) is 0 Å². The van der Waals surface area contributed by atoms with Crippen molar-refractivity contribution in [2.75, 3.05) is 13.7 Å².